The number of aryl methyl sites for hydroxylation is 2. The third-order valence-electron chi connectivity index (χ3n) is 6.94. The molecular formula is C23H30N4O4S2. The molecular weight excluding hydrogens is 460 g/mol. The number of hydrogen-bond donors (Lipinski definition) is 0. The average molecular weight is 491 g/mol. The summed E-state index contributed by atoms with van der Waals surface area (Å²) in [6, 6.07) is 8.86. The molecule has 0 N–H and O–H groups in total. The number of fused-ring (bicyclic) bond motifs is 1. The Balaban J connectivity index is 1.24. The van der Waals surface area contributed by atoms with Crippen LogP contribution < -0.4 is 4.90 Å². The summed E-state index contributed by atoms with van der Waals surface area (Å²) in [6.45, 7) is 2.88. The van der Waals surface area contributed by atoms with Gasteiger partial charge in [-0.15, -0.1) is 0 Å². The van der Waals surface area contributed by atoms with E-state index in [2.05, 4.69) is 4.98 Å². The fourth-order valence-electron chi connectivity index (χ4n) is 4.98. The number of nitrogens with zero attached hydrogens (tertiary/aromatic N) is 4. The third-order valence-corrected chi connectivity index (χ3v) is 10.7. The number of sulfonamides is 2. The topological polar surface area (TPSA) is 90.9 Å². The number of benzene rings is 1. The maximum Gasteiger partial charge on any atom is 0.244 e. The van der Waals surface area contributed by atoms with Crippen molar-refractivity contribution in [3.8, 4) is 0 Å². The third kappa shape index (κ3) is 4.41. The first kappa shape index (κ1) is 22.8. The molecule has 0 spiro atoms. The number of pyridine rings is 1. The average Bonchev–Trinajstić information content (AvgIpc) is 3.33. The molecule has 0 atom stereocenters. The Labute approximate surface area is 196 Å². The largest absolute Gasteiger partial charge is 0.354 e. The number of hydrogen-bond acceptors (Lipinski definition) is 6. The molecule has 0 bridgehead atoms. The van der Waals surface area contributed by atoms with Crippen LogP contribution in [0.2, 0.25) is 0 Å². The van der Waals surface area contributed by atoms with Gasteiger partial charge in [-0.1, -0.05) is 12.5 Å². The van der Waals surface area contributed by atoms with Gasteiger partial charge in [0.15, 0.2) is 0 Å². The van der Waals surface area contributed by atoms with Crippen LogP contribution >= 0.6 is 0 Å². The summed E-state index contributed by atoms with van der Waals surface area (Å²) in [6.07, 6.45) is 7.33. The fourth-order valence-corrected chi connectivity index (χ4v) is 7.92. The first-order chi connectivity index (χ1) is 15.9. The normalized spacial score (nSPS) is 20.7. The van der Waals surface area contributed by atoms with Crippen LogP contribution in [-0.2, 0) is 32.9 Å². The fraction of sp³-hybridized carbons (Fsp3) is 0.522. The molecule has 1 aromatic heterocycles. The monoisotopic (exact) mass is 490 g/mol. The van der Waals surface area contributed by atoms with E-state index in [4.69, 9.17) is 0 Å². The van der Waals surface area contributed by atoms with Gasteiger partial charge in [0.25, 0.3) is 0 Å². The van der Waals surface area contributed by atoms with Crippen LogP contribution in [-0.4, -0.2) is 69.7 Å². The van der Waals surface area contributed by atoms with Gasteiger partial charge < -0.3 is 4.90 Å². The molecule has 0 radical (unpaired) electrons. The zero-order valence-corrected chi connectivity index (χ0v) is 20.3. The molecule has 8 nitrogen and oxygen atoms in total. The Bertz CT molecular complexity index is 1220. The molecule has 3 aliphatic rings. The minimum atomic E-state index is -3.53. The maximum atomic E-state index is 13.2. The van der Waals surface area contributed by atoms with Gasteiger partial charge in [0, 0.05) is 45.5 Å². The number of piperidine rings is 1. The Kier molecular flexibility index (Phi) is 6.19. The first-order valence-electron chi connectivity index (χ1n) is 11.7. The first-order valence-corrected chi connectivity index (χ1v) is 14.6. The van der Waals surface area contributed by atoms with E-state index in [1.807, 2.05) is 17.0 Å². The molecule has 2 saturated heterocycles. The quantitative estimate of drug-likeness (QED) is 0.639. The van der Waals surface area contributed by atoms with Crippen molar-refractivity contribution in [3.63, 3.8) is 0 Å². The summed E-state index contributed by atoms with van der Waals surface area (Å²) in [5.41, 5.74) is 2.41. The molecule has 2 aromatic rings. The standard InChI is InChI=1S/C23H30N4O4S2/c28-32(29,21-8-7-19-5-4-6-20(19)17-21)27-15-13-25(14-16-27)23-10-9-22(18-24-23)33(30,31)26-11-2-1-3-12-26/h7-10,17-18H,1-6,11-16H2. The summed E-state index contributed by atoms with van der Waals surface area (Å²) in [5, 5.41) is 0. The van der Waals surface area contributed by atoms with Gasteiger partial charge in [0.1, 0.15) is 10.7 Å². The SMILES string of the molecule is O=S(=O)(c1ccc(N2CCN(S(=O)(=O)c3ccc4c(c3)CCC4)CC2)nc1)N1CCCCC1. The van der Waals surface area contributed by atoms with Crippen molar-refractivity contribution in [2.24, 2.45) is 0 Å². The number of rotatable bonds is 5. The van der Waals surface area contributed by atoms with Gasteiger partial charge in [-0.05, 0) is 67.5 Å². The highest BCUT2D eigenvalue weighted by molar-refractivity contribution is 7.89. The molecule has 10 heteroatoms. The van der Waals surface area contributed by atoms with Crippen LogP contribution in [0.4, 0.5) is 5.82 Å². The smallest absolute Gasteiger partial charge is 0.244 e. The van der Waals surface area contributed by atoms with Crippen LogP contribution in [0.5, 0.6) is 0 Å². The zero-order chi connectivity index (χ0) is 23.1. The lowest BCUT2D eigenvalue weighted by molar-refractivity contribution is 0.346. The van der Waals surface area contributed by atoms with Crippen LogP contribution in [0.3, 0.4) is 0 Å². The zero-order valence-electron chi connectivity index (χ0n) is 18.7. The van der Waals surface area contributed by atoms with Gasteiger partial charge in [0.05, 0.1) is 4.90 Å². The molecule has 0 saturated carbocycles. The molecule has 178 valence electrons. The Hall–Kier alpha value is -2.01. The van der Waals surface area contributed by atoms with E-state index >= 15 is 0 Å². The van der Waals surface area contributed by atoms with E-state index in [1.165, 1.54) is 20.4 Å². The summed E-state index contributed by atoms with van der Waals surface area (Å²) in [7, 11) is -7.03. The van der Waals surface area contributed by atoms with Gasteiger partial charge >= 0.3 is 0 Å². The molecule has 33 heavy (non-hydrogen) atoms. The van der Waals surface area contributed by atoms with E-state index in [-0.39, 0.29) is 4.90 Å². The maximum absolute atomic E-state index is 13.2. The van der Waals surface area contributed by atoms with E-state index in [0.29, 0.717) is 50.0 Å². The van der Waals surface area contributed by atoms with Gasteiger partial charge in [-0.25, -0.2) is 21.8 Å². The van der Waals surface area contributed by atoms with Gasteiger partial charge in [-0.3, -0.25) is 0 Å². The Morgan fingerprint density at radius 2 is 1.27 bits per heavy atom. The van der Waals surface area contributed by atoms with Crippen LogP contribution in [0, 0.1) is 0 Å². The van der Waals surface area contributed by atoms with Crippen LogP contribution in [0.1, 0.15) is 36.8 Å². The van der Waals surface area contributed by atoms with Crippen molar-refractivity contribution < 1.29 is 16.8 Å². The minimum Gasteiger partial charge on any atom is -0.354 e. The van der Waals surface area contributed by atoms with Crippen molar-refractivity contribution in [3.05, 3.63) is 47.7 Å². The Morgan fingerprint density at radius 1 is 0.636 bits per heavy atom. The predicted molar refractivity (Wildman–Crippen MR) is 126 cm³/mol. The molecule has 2 aliphatic heterocycles. The second kappa shape index (κ2) is 8.98. The Morgan fingerprint density at radius 3 is 1.97 bits per heavy atom. The minimum absolute atomic E-state index is 0.214. The molecule has 1 aliphatic carbocycles. The van der Waals surface area contributed by atoms with Crippen molar-refractivity contribution >= 4 is 25.9 Å². The predicted octanol–water partition coefficient (Wildman–Crippen LogP) is 2.26. The number of anilines is 1. The molecule has 3 heterocycles. The molecule has 0 amide bonds. The molecule has 5 rings (SSSR count). The van der Waals surface area contributed by atoms with Crippen LogP contribution in [0.25, 0.3) is 0 Å². The summed E-state index contributed by atoms with van der Waals surface area (Å²) < 4.78 is 55.1. The second-order valence-electron chi connectivity index (χ2n) is 8.99. The van der Waals surface area contributed by atoms with Crippen LogP contribution in [0.15, 0.2) is 46.3 Å². The lowest BCUT2D eigenvalue weighted by Crippen LogP contribution is -2.48. The van der Waals surface area contributed by atoms with Crippen molar-refractivity contribution in [1.82, 2.24) is 13.6 Å². The lowest BCUT2D eigenvalue weighted by Gasteiger charge is -2.34. The van der Waals surface area contributed by atoms with Gasteiger partial charge in [0.2, 0.25) is 20.0 Å². The second-order valence-corrected chi connectivity index (χ2v) is 12.9. The highest BCUT2D eigenvalue weighted by Gasteiger charge is 2.30. The van der Waals surface area contributed by atoms with Gasteiger partial charge in [-0.2, -0.15) is 8.61 Å². The summed E-state index contributed by atoms with van der Waals surface area (Å²) in [5.74, 6) is 0.669. The highest BCUT2D eigenvalue weighted by Crippen LogP contribution is 2.27. The van der Waals surface area contributed by atoms with E-state index in [0.717, 1.165) is 44.1 Å². The number of aromatic nitrogens is 1. The molecule has 2 fully saturated rings. The molecule has 1 aromatic carbocycles. The van der Waals surface area contributed by atoms with E-state index < -0.39 is 20.0 Å². The summed E-state index contributed by atoms with van der Waals surface area (Å²) in [4.78, 5) is 7.00. The highest BCUT2D eigenvalue weighted by atomic mass is 32.2. The molecule has 0 unspecified atom stereocenters. The van der Waals surface area contributed by atoms with Crippen molar-refractivity contribution in [2.45, 2.75) is 48.3 Å². The lowest BCUT2D eigenvalue weighted by atomic mass is 10.1. The van der Waals surface area contributed by atoms with Crippen molar-refractivity contribution in [2.75, 3.05) is 44.2 Å². The van der Waals surface area contributed by atoms with E-state index in [1.54, 1.807) is 18.2 Å². The summed E-state index contributed by atoms with van der Waals surface area (Å²) >= 11 is 0. The van der Waals surface area contributed by atoms with Crippen molar-refractivity contribution in [1.29, 1.82) is 0 Å². The number of piperazine rings is 1. The van der Waals surface area contributed by atoms with E-state index in [9.17, 15) is 16.8 Å².